The Morgan fingerprint density at radius 1 is 1.14 bits per heavy atom. The number of nitrogens with zero attached hydrogens (tertiary/aromatic N) is 1. The van der Waals surface area contributed by atoms with Gasteiger partial charge in [0.1, 0.15) is 11.6 Å². The molecule has 0 radical (unpaired) electrons. The van der Waals surface area contributed by atoms with Gasteiger partial charge in [-0.3, -0.25) is 4.98 Å². The Hall–Kier alpha value is -1.54. The molecule has 2 N–H and O–H groups in total. The maximum Gasteiger partial charge on any atom is 0.416 e. The molecule has 2 nitrogen and oxygen atoms in total. The quantitative estimate of drug-likeness (QED) is 0.809. The van der Waals surface area contributed by atoms with Crippen LogP contribution in [0.15, 0.2) is 35.1 Å². The molecule has 0 saturated carbocycles. The number of nitrogens with two attached hydrogens (primary N) is 1. The topological polar surface area (TPSA) is 38.9 Å². The summed E-state index contributed by atoms with van der Waals surface area (Å²) in [6.07, 6.45) is -2.90. The van der Waals surface area contributed by atoms with Gasteiger partial charge in [-0.25, -0.2) is 8.78 Å². The van der Waals surface area contributed by atoms with Crippen molar-refractivity contribution in [3.05, 3.63) is 63.4 Å². The van der Waals surface area contributed by atoms with Gasteiger partial charge in [0.05, 0.1) is 11.6 Å². The van der Waals surface area contributed by atoms with E-state index < -0.39 is 40.5 Å². The molecule has 0 fully saturated rings. The Labute approximate surface area is 124 Å². The summed E-state index contributed by atoms with van der Waals surface area (Å²) >= 11 is 2.89. The third kappa shape index (κ3) is 3.21. The van der Waals surface area contributed by atoms with Gasteiger partial charge < -0.3 is 5.73 Å². The summed E-state index contributed by atoms with van der Waals surface area (Å²) in [6, 6.07) is 0.955. The molecule has 0 aliphatic rings. The van der Waals surface area contributed by atoms with Crippen molar-refractivity contribution in [3.63, 3.8) is 0 Å². The van der Waals surface area contributed by atoms with E-state index in [4.69, 9.17) is 5.73 Å². The number of halogens is 6. The largest absolute Gasteiger partial charge is 0.416 e. The van der Waals surface area contributed by atoms with Gasteiger partial charge in [0.2, 0.25) is 0 Å². The molecule has 112 valence electrons. The summed E-state index contributed by atoms with van der Waals surface area (Å²) in [5.74, 6) is -2.07. The van der Waals surface area contributed by atoms with Crippen LogP contribution < -0.4 is 5.73 Å². The molecule has 1 atom stereocenters. The van der Waals surface area contributed by atoms with Gasteiger partial charge in [-0.2, -0.15) is 13.2 Å². The van der Waals surface area contributed by atoms with Crippen molar-refractivity contribution in [1.29, 1.82) is 0 Å². The first kappa shape index (κ1) is 15.8. The van der Waals surface area contributed by atoms with E-state index in [0.717, 1.165) is 24.5 Å². The van der Waals surface area contributed by atoms with Crippen LogP contribution in [-0.4, -0.2) is 4.98 Å². The number of pyridine rings is 1. The van der Waals surface area contributed by atoms with Crippen molar-refractivity contribution in [3.8, 4) is 0 Å². The smallest absolute Gasteiger partial charge is 0.320 e. The van der Waals surface area contributed by atoms with E-state index in [1.807, 2.05) is 0 Å². The summed E-state index contributed by atoms with van der Waals surface area (Å²) in [7, 11) is 0. The Morgan fingerprint density at radius 2 is 1.71 bits per heavy atom. The normalized spacial score (nSPS) is 13.3. The molecule has 2 aromatic rings. The van der Waals surface area contributed by atoms with Crippen LogP contribution in [0.2, 0.25) is 0 Å². The number of aromatic nitrogens is 1. The average Bonchev–Trinajstić information content (AvgIpc) is 2.36. The zero-order valence-corrected chi connectivity index (χ0v) is 11.8. The Balaban J connectivity index is 2.59. The van der Waals surface area contributed by atoms with Crippen LogP contribution in [-0.2, 0) is 6.18 Å². The molecule has 1 unspecified atom stereocenters. The van der Waals surface area contributed by atoms with Crippen LogP contribution in [0, 0.1) is 11.6 Å². The van der Waals surface area contributed by atoms with Crippen molar-refractivity contribution in [2.75, 3.05) is 0 Å². The highest BCUT2D eigenvalue weighted by atomic mass is 79.9. The van der Waals surface area contributed by atoms with Crippen LogP contribution in [0.1, 0.15) is 22.7 Å². The summed E-state index contributed by atoms with van der Waals surface area (Å²) in [5, 5.41) is 0. The van der Waals surface area contributed by atoms with Crippen molar-refractivity contribution >= 4 is 15.9 Å². The molecule has 0 aliphatic carbocycles. The van der Waals surface area contributed by atoms with Crippen LogP contribution in [0.25, 0.3) is 0 Å². The summed E-state index contributed by atoms with van der Waals surface area (Å²) in [4.78, 5) is 3.55. The van der Waals surface area contributed by atoms with Gasteiger partial charge in [0.25, 0.3) is 0 Å². The van der Waals surface area contributed by atoms with Crippen molar-refractivity contribution in [1.82, 2.24) is 4.98 Å². The SMILES string of the molecule is NC(c1cnccc1C(F)(F)F)c1c(F)cc(Br)cc1F. The minimum absolute atomic E-state index is 0.121. The molecule has 1 heterocycles. The Kier molecular flexibility index (Phi) is 4.29. The van der Waals surface area contributed by atoms with E-state index in [0.29, 0.717) is 6.07 Å². The van der Waals surface area contributed by atoms with Crippen LogP contribution in [0.4, 0.5) is 22.0 Å². The lowest BCUT2D eigenvalue weighted by atomic mass is 9.96. The molecule has 0 amide bonds. The Bertz CT molecular complexity index is 649. The zero-order valence-electron chi connectivity index (χ0n) is 10.3. The second-order valence-electron chi connectivity index (χ2n) is 4.22. The summed E-state index contributed by atoms with van der Waals surface area (Å²) < 4.78 is 66.5. The maximum atomic E-state index is 13.8. The summed E-state index contributed by atoms with van der Waals surface area (Å²) in [5.41, 5.74) is 3.42. The first-order valence-corrected chi connectivity index (χ1v) is 6.42. The fourth-order valence-corrected chi connectivity index (χ4v) is 2.32. The molecule has 0 aliphatic heterocycles. The second-order valence-corrected chi connectivity index (χ2v) is 5.14. The van der Waals surface area contributed by atoms with Crippen molar-refractivity contribution < 1.29 is 22.0 Å². The highest BCUT2D eigenvalue weighted by molar-refractivity contribution is 9.10. The van der Waals surface area contributed by atoms with Crippen LogP contribution >= 0.6 is 15.9 Å². The predicted molar refractivity (Wildman–Crippen MR) is 69.3 cm³/mol. The van der Waals surface area contributed by atoms with Gasteiger partial charge in [-0.05, 0) is 18.2 Å². The number of hydrogen-bond donors (Lipinski definition) is 1. The van der Waals surface area contributed by atoms with Gasteiger partial charge in [-0.15, -0.1) is 0 Å². The first-order valence-electron chi connectivity index (χ1n) is 5.63. The minimum atomic E-state index is -4.70. The zero-order chi connectivity index (χ0) is 15.8. The average molecular weight is 367 g/mol. The van der Waals surface area contributed by atoms with E-state index in [9.17, 15) is 22.0 Å². The standard InChI is InChI=1S/C13H8BrF5N2/c14-6-3-9(15)11(10(16)4-6)12(20)7-5-21-2-1-8(7)13(17,18)19/h1-5,12H,20H2. The predicted octanol–water partition coefficient (Wildman–Crippen LogP) is 4.19. The molecule has 1 aromatic heterocycles. The molecule has 8 heteroatoms. The highest BCUT2D eigenvalue weighted by Gasteiger charge is 2.36. The number of rotatable bonds is 2. The van der Waals surface area contributed by atoms with Crippen molar-refractivity contribution in [2.45, 2.75) is 12.2 Å². The molecular weight excluding hydrogens is 359 g/mol. The summed E-state index contributed by atoms with van der Waals surface area (Å²) in [6.45, 7) is 0. The lowest BCUT2D eigenvalue weighted by Gasteiger charge is -2.19. The van der Waals surface area contributed by atoms with Crippen molar-refractivity contribution in [2.24, 2.45) is 5.73 Å². The van der Waals surface area contributed by atoms with E-state index in [-0.39, 0.29) is 4.47 Å². The van der Waals surface area contributed by atoms with Gasteiger partial charge in [-0.1, -0.05) is 15.9 Å². The van der Waals surface area contributed by atoms with Gasteiger partial charge in [0.15, 0.2) is 0 Å². The first-order chi connectivity index (χ1) is 9.71. The molecule has 1 aromatic carbocycles. The fraction of sp³-hybridized carbons (Fsp3) is 0.154. The number of alkyl halides is 3. The Morgan fingerprint density at radius 3 is 2.24 bits per heavy atom. The van der Waals surface area contributed by atoms with Gasteiger partial charge in [0, 0.05) is 28.0 Å². The fourth-order valence-electron chi connectivity index (χ4n) is 1.92. The van der Waals surface area contributed by atoms with E-state index in [1.54, 1.807) is 0 Å². The lowest BCUT2D eigenvalue weighted by molar-refractivity contribution is -0.138. The second kappa shape index (κ2) is 5.69. The number of hydrogen-bond acceptors (Lipinski definition) is 2. The van der Waals surface area contributed by atoms with Gasteiger partial charge >= 0.3 is 6.18 Å². The molecule has 0 saturated heterocycles. The number of benzene rings is 1. The molecule has 0 spiro atoms. The minimum Gasteiger partial charge on any atom is -0.320 e. The molecule has 2 rings (SSSR count). The monoisotopic (exact) mass is 366 g/mol. The van der Waals surface area contributed by atoms with Crippen LogP contribution in [0.5, 0.6) is 0 Å². The van der Waals surface area contributed by atoms with E-state index >= 15 is 0 Å². The van der Waals surface area contributed by atoms with Crippen LogP contribution in [0.3, 0.4) is 0 Å². The third-order valence-electron chi connectivity index (χ3n) is 2.85. The molecule has 21 heavy (non-hydrogen) atoms. The van der Waals surface area contributed by atoms with E-state index in [2.05, 4.69) is 20.9 Å². The molecular formula is C13H8BrF5N2. The highest BCUT2D eigenvalue weighted by Crippen LogP contribution is 2.36. The lowest BCUT2D eigenvalue weighted by Crippen LogP contribution is -2.21. The molecule has 0 bridgehead atoms. The van der Waals surface area contributed by atoms with E-state index in [1.165, 1.54) is 0 Å². The third-order valence-corrected chi connectivity index (χ3v) is 3.31. The maximum absolute atomic E-state index is 13.8.